The minimum absolute atomic E-state index is 0.238. The molecule has 0 aliphatic carbocycles. The summed E-state index contributed by atoms with van der Waals surface area (Å²) in [5.74, 6) is -0.301. The number of esters is 1. The number of carbonyl (C=O) groups excluding carboxylic acids is 1. The Hall–Kier alpha value is -1.32. The minimum atomic E-state index is -0.301. The van der Waals surface area contributed by atoms with Gasteiger partial charge in [0.05, 0.1) is 7.11 Å². The maximum absolute atomic E-state index is 10.7. The molecule has 0 fully saturated rings. The molecule has 0 N–H and O–H groups in total. The highest BCUT2D eigenvalue weighted by molar-refractivity contribution is 5.81. The lowest BCUT2D eigenvalue weighted by molar-refractivity contribution is -0.134. The average Bonchev–Trinajstić information content (AvgIpc) is 2.69. The van der Waals surface area contributed by atoms with Gasteiger partial charge in [-0.05, 0) is 19.3 Å². The number of carbonyl (C=O) groups is 1. The first-order valence-electron chi connectivity index (χ1n) is 4.75. The van der Waals surface area contributed by atoms with Crippen LogP contribution in [0.5, 0.6) is 0 Å². The fourth-order valence-corrected chi connectivity index (χ4v) is 1.21. The van der Waals surface area contributed by atoms with Gasteiger partial charge in [0.1, 0.15) is 6.10 Å². The molecule has 4 nitrogen and oxygen atoms in total. The Morgan fingerprint density at radius 1 is 1.79 bits per heavy atom. The number of hydrogen-bond donors (Lipinski definition) is 0. The third kappa shape index (κ3) is 4.07. The summed E-state index contributed by atoms with van der Waals surface area (Å²) in [7, 11) is 1.37. The van der Waals surface area contributed by atoms with Gasteiger partial charge in [0, 0.05) is 18.7 Å². The third-order valence-corrected chi connectivity index (χ3v) is 2.00. The highest BCUT2D eigenvalue weighted by Crippen LogP contribution is 2.12. The van der Waals surface area contributed by atoms with E-state index in [1.807, 2.05) is 6.08 Å². The molecular weight excluding hydrogens is 182 g/mol. The molecule has 14 heavy (non-hydrogen) atoms. The van der Waals surface area contributed by atoms with Crippen LogP contribution in [0.2, 0.25) is 0 Å². The van der Waals surface area contributed by atoms with Crippen LogP contribution in [0.25, 0.3) is 0 Å². The van der Waals surface area contributed by atoms with Crippen LogP contribution in [0.15, 0.2) is 17.3 Å². The van der Waals surface area contributed by atoms with Crippen molar-refractivity contribution in [2.24, 2.45) is 5.16 Å². The predicted octanol–water partition coefficient (Wildman–Crippen LogP) is 1.66. The molecule has 1 unspecified atom stereocenters. The summed E-state index contributed by atoms with van der Waals surface area (Å²) < 4.78 is 4.46. The Bertz CT molecular complexity index is 228. The monoisotopic (exact) mass is 197 g/mol. The van der Waals surface area contributed by atoms with E-state index in [1.165, 1.54) is 13.2 Å². The third-order valence-electron chi connectivity index (χ3n) is 2.00. The van der Waals surface area contributed by atoms with Gasteiger partial charge in [-0.3, -0.25) is 0 Å². The second-order valence-corrected chi connectivity index (χ2v) is 3.11. The molecule has 0 aromatic heterocycles. The van der Waals surface area contributed by atoms with E-state index >= 15 is 0 Å². The quantitative estimate of drug-likeness (QED) is 0.382. The molecule has 1 heterocycles. The molecule has 0 saturated heterocycles. The number of methoxy groups -OCH3 is 1. The highest BCUT2D eigenvalue weighted by Gasteiger charge is 2.11. The molecule has 0 saturated carbocycles. The number of ether oxygens (including phenoxy) is 1. The summed E-state index contributed by atoms with van der Waals surface area (Å²) >= 11 is 0. The van der Waals surface area contributed by atoms with Gasteiger partial charge < -0.3 is 9.57 Å². The highest BCUT2D eigenvalue weighted by atomic mass is 16.6. The SMILES string of the molecule is COC(=O)/C=C/CCCC1CC=NO1. The molecule has 1 aliphatic rings. The number of nitrogens with zero attached hydrogens (tertiary/aromatic N) is 1. The van der Waals surface area contributed by atoms with Crippen molar-refractivity contribution in [1.82, 2.24) is 0 Å². The van der Waals surface area contributed by atoms with Gasteiger partial charge in [0.15, 0.2) is 0 Å². The Labute approximate surface area is 83.6 Å². The van der Waals surface area contributed by atoms with E-state index in [-0.39, 0.29) is 12.1 Å². The van der Waals surface area contributed by atoms with Gasteiger partial charge in [0.2, 0.25) is 0 Å². The molecule has 0 spiro atoms. The lowest BCUT2D eigenvalue weighted by atomic mass is 10.1. The molecule has 0 aromatic rings. The van der Waals surface area contributed by atoms with Crippen molar-refractivity contribution in [1.29, 1.82) is 0 Å². The number of hydrogen-bond acceptors (Lipinski definition) is 4. The Morgan fingerprint density at radius 2 is 2.64 bits per heavy atom. The van der Waals surface area contributed by atoms with Crippen LogP contribution in [0.4, 0.5) is 0 Å². The fraction of sp³-hybridized carbons (Fsp3) is 0.600. The van der Waals surface area contributed by atoms with E-state index in [0.29, 0.717) is 0 Å². The molecule has 0 amide bonds. The van der Waals surface area contributed by atoms with Crippen molar-refractivity contribution in [2.45, 2.75) is 31.8 Å². The summed E-state index contributed by atoms with van der Waals surface area (Å²) in [6.07, 6.45) is 9.05. The molecule has 0 radical (unpaired) electrons. The van der Waals surface area contributed by atoms with Crippen LogP contribution < -0.4 is 0 Å². The predicted molar refractivity (Wildman–Crippen MR) is 53.0 cm³/mol. The van der Waals surface area contributed by atoms with Gasteiger partial charge in [-0.1, -0.05) is 11.2 Å². The van der Waals surface area contributed by atoms with Crippen molar-refractivity contribution >= 4 is 12.2 Å². The standard InChI is InChI=1S/C10H15NO3/c1-13-10(12)6-4-2-3-5-9-7-8-11-14-9/h4,6,8-9H,2-3,5,7H2,1H3/b6-4+. The smallest absolute Gasteiger partial charge is 0.330 e. The first kappa shape index (κ1) is 10.8. The van der Waals surface area contributed by atoms with Crippen LogP contribution >= 0.6 is 0 Å². The number of rotatable bonds is 5. The van der Waals surface area contributed by atoms with Gasteiger partial charge in [0.25, 0.3) is 0 Å². The van der Waals surface area contributed by atoms with E-state index in [0.717, 1.165) is 25.7 Å². The summed E-state index contributed by atoms with van der Waals surface area (Å²) in [6, 6.07) is 0. The van der Waals surface area contributed by atoms with Crippen molar-refractivity contribution < 1.29 is 14.4 Å². The van der Waals surface area contributed by atoms with E-state index in [4.69, 9.17) is 4.84 Å². The first-order chi connectivity index (χ1) is 6.83. The molecular formula is C10H15NO3. The Balaban J connectivity index is 1.98. The van der Waals surface area contributed by atoms with Gasteiger partial charge in [-0.15, -0.1) is 0 Å². The van der Waals surface area contributed by atoms with Crippen LogP contribution in [-0.4, -0.2) is 25.4 Å². The molecule has 1 rings (SSSR count). The molecule has 0 bridgehead atoms. The van der Waals surface area contributed by atoms with Crippen LogP contribution in [0.3, 0.4) is 0 Å². The number of oxime groups is 1. The largest absolute Gasteiger partial charge is 0.466 e. The van der Waals surface area contributed by atoms with Gasteiger partial charge in [-0.2, -0.15) is 0 Å². The summed E-state index contributed by atoms with van der Waals surface area (Å²) in [5.41, 5.74) is 0. The fourth-order valence-electron chi connectivity index (χ4n) is 1.21. The molecule has 1 atom stereocenters. The maximum atomic E-state index is 10.7. The lowest BCUT2D eigenvalue weighted by Crippen LogP contribution is -2.04. The molecule has 0 aromatic carbocycles. The van der Waals surface area contributed by atoms with E-state index in [9.17, 15) is 4.79 Å². The molecule has 1 aliphatic heterocycles. The normalized spacial score (nSPS) is 19.9. The van der Waals surface area contributed by atoms with Crippen LogP contribution in [0, 0.1) is 0 Å². The van der Waals surface area contributed by atoms with Crippen LogP contribution in [0.1, 0.15) is 25.7 Å². The summed E-state index contributed by atoms with van der Waals surface area (Å²) in [5, 5.41) is 3.69. The van der Waals surface area contributed by atoms with Gasteiger partial charge in [-0.25, -0.2) is 4.79 Å². The van der Waals surface area contributed by atoms with Gasteiger partial charge >= 0.3 is 5.97 Å². The lowest BCUT2D eigenvalue weighted by Gasteiger charge is -2.05. The zero-order valence-corrected chi connectivity index (χ0v) is 8.31. The average molecular weight is 197 g/mol. The topological polar surface area (TPSA) is 47.9 Å². The van der Waals surface area contributed by atoms with Crippen molar-refractivity contribution in [2.75, 3.05) is 7.11 Å². The van der Waals surface area contributed by atoms with Crippen molar-refractivity contribution in [3.05, 3.63) is 12.2 Å². The van der Waals surface area contributed by atoms with E-state index in [2.05, 4.69) is 9.89 Å². The second-order valence-electron chi connectivity index (χ2n) is 3.11. The van der Waals surface area contributed by atoms with Crippen LogP contribution in [-0.2, 0) is 14.4 Å². The zero-order valence-electron chi connectivity index (χ0n) is 8.31. The summed E-state index contributed by atoms with van der Waals surface area (Å²) in [4.78, 5) is 15.7. The summed E-state index contributed by atoms with van der Waals surface area (Å²) in [6.45, 7) is 0. The number of allylic oxidation sites excluding steroid dienone is 1. The molecule has 4 heteroatoms. The molecule has 78 valence electrons. The Kier molecular flexibility index (Phi) is 4.75. The maximum Gasteiger partial charge on any atom is 0.330 e. The zero-order chi connectivity index (χ0) is 10.2. The van der Waals surface area contributed by atoms with E-state index in [1.54, 1.807) is 6.21 Å². The van der Waals surface area contributed by atoms with Crippen molar-refractivity contribution in [3.63, 3.8) is 0 Å². The van der Waals surface area contributed by atoms with Crippen molar-refractivity contribution in [3.8, 4) is 0 Å². The second kappa shape index (κ2) is 6.18. The minimum Gasteiger partial charge on any atom is -0.466 e. The Morgan fingerprint density at radius 3 is 3.29 bits per heavy atom. The van der Waals surface area contributed by atoms with E-state index < -0.39 is 0 Å². The first-order valence-corrected chi connectivity index (χ1v) is 4.75. The number of unbranched alkanes of at least 4 members (excludes halogenated alkanes) is 1.